The Morgan fingerprint density at radius 2 is 1.32 bits per heavy atom. The molecule has 0 saturated carbocycles. The predicted molar refractivity (Wildman–Crippen MR) is 143 cm³/mol. The van der Waals surface area contributed by atoms with E-state index in [1.807, 2.05) is 84.9 Å². The van der Waals surface area contributed by atoms with E-state index in [9.17, 15) is 14.7 Å². The van der Waals surface area contributed by atoms with Crippen LogP contribution in [-0.4, -0.2) is 27.9 Å². The lowest BCUT2D eigenvalue weighted by Crippen LogP contribution is -2.49. The number of hydrogen-bond donors (Lipinski definition) is 4. The number of amides is 2. The molecule has 37 heavy (non-hydrogen) atoms. The van der Waals surface area contributed by atoms with Gasteiger partial charge in [-0.2, -0.15) is 0 Å². The van der Waals surface area contributed by atoms with Crippen molar-refractivity contribution in [3.8, 4) is 0 Å². The minimum absolute atomic E-state index is 0.0413. The van der Waals surface area contributed by atoms with Gasteiger partial charge in [-0.3, -0.25) is 9.59 Å². The molecule has 0 aliphatic carbocycles. The normalized spacial score (nSPS) is 11.6. The van der Waals surface area contributed by atoms with E-state index >= 15 is 0 Å². The summed E-state index contributed by atoms with van der Waals surface area (Å²) in [7, 11) is 0. The van der Waals surface area contributed by atoms with E-state index in [0.717, 1.165) is 27.8 Å². The minimum Gasteiger partial charge on any atom is -0.392 e. The molecule has 0 saturated heterocycles. The Hall–Kier alpha value is -4.49. The molecule has 7 nitrogen and oxygen atoms in total. The molecule has 3 aromatic carbocycles. The van der Waals surface area contributed by atoms with Gasteiger partial charge in [0.2, 0.25) is 11.8 Å². The molecule has 0 bridgehead atoms. The molecule has 0 radical (unpaired) electrons. The molecule has 1 heterocycles. The Labute approximate surface area is 216 Å². The highest BCUT2D eigenvalue weighted by Crippen LogP contribution is 2.25. The monoisotopic (exact) mass is 494 g/mol. The Kier molecular flexibility index (Phi) is 8.62. The van der Waals surface area contributed by atoms with Crippen LogP contribution in [0.4, 0.5) is 5.82 Å². The van der Waals surface area contributed by atoms with Crippen LogP contribution in [0, 0.1) is 0 Å². The van der Waals surface area contributed by atoms with Crippen LogP contribution in [0.3, 0.4) is 0 Å². The average Bonchev–Trinajstić information content (AvgIpc) is 2.94. The fourth-order valence-corrected chi connectivity index (χ4v) is 4.12. The number of benzene rings is 3. The number of pyridine rings is 1. The maximum Gasteiger partial charge on any atom is 0.243 e. The smallest absolute Gasteiger partial charge is 0.243 e. The van der Waals surface area contributed by atoms with Gasteiger partial charge in [0.25, 0.3) is 0 Å². The first-order valence-electron chi connectivity index (χ1n) is 12.1. The molecular weight excluding hydrogens is 464 g/mol. The fraction of sp³-hybridized carbons (Fsp3) is 0.167. The van der Waals surface area contributed by atoms with Gasteiger partial charge >= 0.3 is 0 Å². The molecule has 188 valence electrons. The SMILES string of the molecule is Nc1ccc(CC(NC(=O)C(c2ccccc2)c2ccccc2)C(=O)NCc2ccc(CO)cc2)cn1. The number of aliphatic hydroxyl groups excluding tert-OH is 1. The number of hydrogen-bond acceptors (Lipinski definition) is 5. The van der Waals surface area contributed by atoms with Gasteiger partial charge < -0.3 is 21.5 Å². The van der Waals surface area contributed by atoms with Crippen molar-refractivity contribution in [1.82, 2.24) is 15.6 Å². The lowest BCUT2D eigenvalue weighted by atomic mass is 9.90. The van der Waals surface area contributed by atoms with Crippen molar-refractivity contribution in [1.29, 1.82) is 0 Å². The van der Waals surface area contributed by atoms with Crippen molar-refractivity contribution in [3.63, 3.8) is 0 Å². The first-order valence-corrected chi connectivity index (χ1v) is 12.1. The van der Waals surface area contributed by atoms with E-state index in [2.05, 4.69) is 15.6 Å². The standard InChI is InChI=1S/C30H30N4O3/c31-27-16-15-23(19-32-27)17-26(29(36)33-18-21-11-13-22(20-35)14-12-21)34-30(37)28(24-7-3-1-4-8-24)25-9-5-2-6-10-25/h1-16,19,26,28,35H,17-18,20H2,(H2,31,32)(H,33,36)(H,34,37). The highest BCUT2D eigenvalue weighted by molar-refractivity contribution is 5.92. The van der Waals surface area contributed by atoms with Crippen LogP contribution in [0.5, 0.6) is 0 Å². The van der Waals surface area contributed by atoms with Gasteiger partial charge in [0.15, 0.2) is 0 Å². The van der Waals surface area contributed by atoms with E-state index in [1.54, 1.807) is 18.3 Å². The van der Waals surface area contributed by atoms with E-state index < -0.39 is 12.0 Å². The summed E-state index contributed by atoms with van der Waals surface area (Å²) in [4.78, 5) is 31.2. The summed E-state index contributed by atoms with van der Waals surface area (Å²) >= 11 is 0. The molecule has 1 aromatic heterocycles. The van der Waals surface area contributed by atoms with Gasteiger partial charge in [-0.05, 0) is 33.9 Å². The first-order chi connectivity index (χ1) is 18.0. The van der Waals surface area contributed by atoms with Crippen molar-refractivity contribution in [2.24, 2.45) is 0 Å². The van der Waals surface area contributed by atoms with Crippen LogP contribution in [0.15, 0.2) is 103 Å². The van der Waals surface area contributed by atoms with E-state index in [1.165, 1.54) is 0 Å². The Morgan fingerprint density at radius 1 is 0.757 bits per heavy atom. The lowest BCUT2D eigenvalue weighted by Gasteiger charge is -2.23. The molecule has 0 fully saturated rings. The summed E-state index contributed by atoms with van der Waals surface area (Å²) in [5, 5.41) is 15.2. The number of anilines is 1. The number of nitrogen functional groups attached to an aromatic ring is 1. The minimum atomic E-state index is -0.829. The van der Waals surface area contributed by atoms with Gasteiger partial charge in [-0.15, -0.1) is 0 Å². The second kappa shape index (κ2) is 12.5. The summed E-state index contributed by atoms with van der Waals surface area (Å²) < 4.78 is 0. The van der Waals surface area contributed by atoms with Crippen LogP contribution in [0.2, 0.25) is 0 Å². The summed E-state index contributed by atoms with van der Waals surface area (Å²) in [6.07, 6.45) is 1.87. The number of nitrogens with zero attached hydrogens (tertiary/aromatic N) is 1. The summed E-state index contributed by atoms with van der Waals surface area (Å²) in [6.45, 7) is 0.248. The molecule has 0 spiro atoms. The number of aromatic nitrogens is 1. The Bertz CT molecular complexity index is 1260. The number of rotatable bonds is 10. The van der Waals surface area contributed by atoms with Crippen LogP contribution < -0.4 is 16.4 Å². The van der Waals surface area contributed by atoms with Crippen LogP contribution in [0.25, 0.3) is 0 Å². The van der Waals surface area contributed by atoms with E-state index in [0.29, 0.717) is 5.82 Å². The topological polar surface area (TPSA) is 117 Å². The number of carbonyl (C=O) groups is 2. The zero-order chi connectivity index (χ0) is 26.0. The number of aliphatic hydroxyl groups is 1. The maximum absolute atomic E-state index is 13.7. The number of carbonyl (C=O) groups excluding carboxylic acids is 2. The van der Waals surface area contributed by atoms with Crippen molar-refractivity contribution < 1.29 is 14.7 Å². The average molecular weight is 495 g/mol. The predicted octanol–water partition coefficient (Wildman–Crippen LogP) is 3.33. The molecule has 1 atom stereocenters. The molecule has 0 aliphatic heterocycles. The molecular formula is C30H30N4O3. The van der Waals surface area contributed by atoms with Gasteiger partial charge in [0.05, 0.1) is 12.5 Å². The van der Waals surface area contributed by atoms with Crippen LogP contribution in [0.1, 0.15) is 33.7 Å². The second-order valence-corrected chi connectivity index (χ2v) is 8.80. The molecule has 5 N–H and O–H groups in total. The molecule has 4 rings (SSSR count). The molecule has 2 amide bonds. The van der Waals surface area contributed by atoms with Gasteiger partial charge in [0.1, 0.15) is 11.9 Å². The third-order valence-corrected chi connectivity index (χ3v) is 6.12. The highest BCUT2D eigenvalue weighted by Gasteiger charge is 2.28. The lowest BCUT2D eigenvalue weighted by molar-refractivity contribution is -0.129. The highest BCUT2D eigenvalue weighted by atomic mass is 16.3. The summed E-state index contributed by atoms with van der Waals surface area (Å²) in [5.74, 6) is -0.772. The van der Waals surface area contributed by atoms with Gasteiger partial charge in [-0.25, -0.2) is 4.98 Å². The van der Waals surface area contributed by atoms with Crippen molar-refractivity contribution in [3.05, 3.63) is 131 Å². The van der Waals surface area contributed by atoms with Crippen LogP contribution >= 0.6 is 0 Å². The third-order valence-electron chi connectivity index (χ3n) is 6.12. The zero-order valence-corrected chi connectivity index (χ0v) is 20.4. The van der Waals surface area contributed by atoms with Crippen LogP contribution in [-0.2, 0) is 29.2 Å². The van der Waals surface area contributed by atoms with Gasteiger partial charge in [-0.1, -0.05) is 91.0 Å². The van der Waals surface area contributed by atoms with E-state index in [-0.39, 0.29) is 31.4 Å². The quantitative estimate of drug-likeness (QED) is 0.270. The third kappa shape index (κ3) is 7.02. The Morgan fingerprint density at radius 3 is 1.86 bits per heavy atom. The van der Waals surface area contributed by atoms with E-state index in [4.69, 9.17) is 5.73 Å². The molecule has 0 aliphatic rings. The van der Waals surface area contributed by atoms with Crippen molar-refractivity contribution in [2.75, 3.05) is 5.73 Å². The first kappa shape index (κ1) is 25.6. The fourth-order valence-electron chi connectivity index (χ4n) is 4.12. The molecule has 4 aromatic rings. The maximum atomic E-state index is 13.7. The zero-order valence-electron chi connectivity index (χ0n) is 20.4. The largest absolute Gasteiger partial charge is 0.392 e. The van der Waals surface area contributed by atoms with Gasteiger partial charge in [0, 0.05) is 19.2 Å². The van der Waals surface area contributed by atoms with Crippen molar-refractivity contribution in [2.45, 2.75) is 31.5 Å². The summed E-state index contributed by atoms with van der Waals surface area (Å²) in [6, 6.07) is 29.0. The summed E-state index contributed by atoms with van der Waals surface area (Å²) in [5.41, 5.74) is 9.85. The number of nitrogens with one attached hydrogen (secondary N) is 2. The molecule has 1 unspecified atom stereocenters. The van der Waals surface area contributed by atoms with Crippen molar-refractivity contribution >= 4 is 17.6 Å². The second-order valence-electron chi connectivity index (χ2n) is 8.80. The number of nitrogens with two attached hydrogens (primary N) is 1. The Balaban J connectivity index is 1.56. The molecule has 7 heteroatoms.